The fourth-order valence-electron chi connectivity index (χ4n) is 2.16. The molecule has 26 heavy (non-hydrogen) atoms. The topological polar surface area (TPSA) is 146 Å². The molecule has 136 valence electrons. The van der Waals surface area contributed by atoms with Gasteiger partial charge in [-0.15, -0.1) is 0 Å². The molecule has 0 saturated heterocycles. The molecule has 0 saturated carbocycles. The molecule has 2 aromatic heterocycles. The number of halogens is 1. The monoisotopic (exact) mass is 362 g/mol. The van der Waals surface area contributed by atoms with Crippen LogP contribution in [0.4, 0.5) is 21.8 Å². The minimum absolute atomic E-state index is 0.0157. The van der Waals surface area contributed by atoms with Gasteiger partial charge in [0.15, 0.2) is 11.6 Å². The van der Waals surface area contributed by atoms with Crippen LogP contribution in [-0.2, 0) is 6.54 Å². The summed E-state index contributed by atoms with van der Waals surface area (Å²) >= 11 is 0. The number of methoxy groups -OCH3 is 1. The third-order valence-electron chi connectivity index (χ3n) is 3.39. The zero-order chi connectivity index (χ0) is 18.7. The maximum Gasteiger partial charge on any atom is 0.368 e. The molecule has 12 heteroatoms. The van der Waals surface area contributed by atoms with Crippen molar-refractivity contribution in [1.29, 1.82) is 0 Å². The molecular weight excluding hydrogens is 347 g/mol. The Bertz CT molecular complexity index is 987. The van der Waals surface area contributed by atoms with Gasteiger partial charge in [-0.1, -0.05) is 0 Å². The van der Waals surface area contributed by atoms with Gasteiger partial charge in [0.05, 0.1) is 26.5 Å². The lowest BCUT2D eigenvalue weighted by Crippen LogP contribution is -2.25. The second kappa shape index (κ2) is 7.14. The molecule has 0 aliphatic carbocycles. The molecule has 0 aliphatic rings. The number of nitrogens with two attached hydrogens (primary N) is 1. The zero-order valence-corrected chi connectivity index (χ0v) is 13.6. The van der Waals surface area contributed by atoms with Crippen molar-refractivity contribution in [1.82, 2.24) is 29.8 Å². The van der Waals surface area contributed by atoms with Crippen LogP contribution in [0.5, 0.6) is 5.75 Å². The number of nitrogens with one attached hydrogen (secondary N) is 1. The van der Waals surface area contributed by atoms with E-state index in [1.54, 1.807) is 18.2 Å². The van der Waals surface area contributed by atoms with E-state index in [0.717, 1.165) is 15.6 Å². The summed E-state index contributed by atoms with van der Waals surface area (Å²) in [6, 6.07) is 4.80. The molecule has 1 aromatic carbocycles. The molecule has 3 aromatic rings. The highest BCUT2D eigenvalue weighted by Crippen LogP contribution is 2.26. The van der Waals surface area contributed by atoms with Crippen LogP contribution in [0.2, 0.25) is 0 Å². The summed E-state index contributed by atoms with van der Waals surface area (Å²) in [6.07, 6.45) is 0.945. The fraction of sp³-hybridized carbons (Fsp3) is 0.214. The van der Waals surface area contributed by atoms with E-state index in [9.17, 15) is 9.18 Å². The number of anilines is 3. The summed E-state index contributed by atoms with van der Waals surface area (Å²) in [5.41, 5.74) is 5.66. The quantitative estimate of drug-likeness (QED) is 0.537. The molecule has 0 radical (unpaired) electrons. The van der Waals surface area contributed by atoms with Crippen molar-refractivity contribution in [3.8, 4) is 11.4 Å². The molecule has 0 spiro atoms. The van der Waals surface area contributed by atoms with E-state index in [1.807, 2.05) is 0 Å². The predicted molar refractivity (Wildman–Crippen MR) is 88.9 cm³/mol. The standard InChI is InChI=1S/C14H15FN8O3/c1-26-11-3-2-8(18-13-17-7-9(15)12(16)19-13)6-10(11)23-14(25)22(4-5-24)20-21-23/h2-3,6-7,24H,4-5H2,1H3,(H3,16,17,18,19). The van der Waals surface area contributed by atoms with Crippen LogP contribution in [0, 0.1) is 5.82 Å². The van der Waals surface area contributed by atoms with Crippen LogP contribution < -0.4 is 21.5 Å². The van der Waals surface area contributed by atoms with Crippen molar-refractivity contribution in [2.24, 2.45) is 0 Å². The Morgan fingerprint density at radius 1 is 1.38 bits per heavy atom. The van der Waals surface area contributed by atoms with Crippen molar-refractivity contribution in [3.05, 3.63) is 40.7 Å². The second-order valence-electron chi connectivity index (χ2n) is 5.06. The van der Waals surface area contributed by atoms with E-state index in [4.69, 9.17) is 15.6 Å². The molecular formula is C14H15FN8O3. The van der Waals surface area contributed by atoms with Gasteiger partial charge in [-0.25, -0.2) is 14.2 Å². The molecule has 0 atom stereocenters. The van der Waals surface area contributed by atoms with Crippen LogP contribution >= 0.6 is 0 Å². The third-order valence-corrected chi connectivity index (χ3v) is 3.39. The van der Waals surface area contributed by atoms with Crippen LogP contribution in [-0.4, -0.2) is 48.6 Å². The zero-order valence-electron chi connectivity index (χ0n) is 13.6. The van der Waals surface area contributed by atoms with E-state index in [0.29, 0.717) is 17.1 Å². The summed E-state index contributed by atoms with van der Waals surface area (Å²) in [6.45, 7) is -0.234. The molecule has 3 rings (SSSR count). The normalized spacial score (nSPS) is 10.7. The van der Waals surface area contributed by atoms with Crippen molar-refractivity contribution in [2.75, 3.05) is 24.8 Å². The number of aliphatic hydroxyl groups is 1. The lowest BCUT2D eigenvalue weighted by atomic mass is 10.2. The number of tetrazole rings is 1. The largest absolute Gasteiger partial charge is 0.494 e. The van der Waals surface area contributed by atoms with Crippen molar-refractivity contribution in [2.45, 2.75) is 6.54 Å². The number of rotatable bonds is 6. The predicted octanol–water partition coefficient (Wildman–Crippen LogP) is -0.315. The Hall–Kier alpha value is -3.54. The van der Waals surface area contributed by atoms with Gasteiger partial charge in [0.1, 0.15) is 11.4 Å². The summed E-state index contributed by atoms with van der Waals surface area (Å²) in [5.74, 6) is -0.568. The van der Waals surface area contributed by atoms with E-state index in [1.165, 1.54) is 7.11 Å². The highest BCUT2D eigenvalue weighted by atomic mass is 19.1. The van der Waals surface area contributed by atoms with E-state index < -0.39 is 11.5 Å². The number of nitrogen functional groups attached to an aromatic ring is 1. The molecule has 0 amide bonds. The Labute approximate surface area is 145 Å². The molecule has 4 N–H and O–H groups in total. The molecule has 11 nitrogen and oxygen atoms in total. The molecule has 2 heterocycles. The van der Waals surface area contributed by atoms with E-state index in [-0.39, 0.29) is 24.9 Å². The van der Waals surface area contributed by atoms with Gasteiger partial charge in [-0.2, -0.15) is 14.3 Å². The highest BCUT2D eigenvalue weighted by Gasteiger charge is 2.14. The van der Waals surface area contributed by atoms with E-state index in [2.05, 4.69) is 25.7 Å². The lowest BCUT2D eigenvalue weighted by Gasteiger charge is -2.10. The average molecular weight is 362 g/mol. The minimum atomic E-state index is -0.724. The highest BCUT2D eigenvalue weighted by molar-refractivity contribution is 5.62. The maximum atomic E-state index is 13.2. The Morgan fingerprint density at radius 2 is 2.19 bits per heavy atom. The van der Waals surface area contributed by atoms with Gasteiger partial charge < -0.3 is 20.9 Å². The number of aromatic nitrogens is 6. The molecule has 0 bridgehead atoms. The number of aliphatic hydroxyl groups excluding tert-OH is 1. The Balaban J connectivity index is 1.99. The van der Waals surface area contributed by atoms with Gasteiger partial charge in [-0.05, 0) is 28.6 Å². The summed E-state index contributed by atoms with van der Waals surface area (Å²) in [5, 5.41) is 19.3. The number of hydrogen-bond acceptors (Lipinski definition) is 9. The van der Waals surface area contributed by atoms with Gasteiger partial charge in [0.25, 0.3) is 0 Å². The van der Waals surface area contributed by atoms with Crippen molar-refractivity contribution >= 4 is 17.5 Å². The summed E-state index contributed by atoms with van der Waals surface area (Å²) < 4.78 is 20.5. The SMILES string of the molecule is COc1ccc(Nc2ncc(F)c(N)n2)cc1-n1nnn(CCO)c1=O. The number of hydrogen-bond donors (Lipinski definition) is 3. The smallest absolute Gasteiger partial charge is 0.368 e. The van der Waals surface area contributed by atoms with Gasteiger partial charge in [-0.3, -0.25) is 0 Å². The molecule has 0 unspecified atom stereocenters. The molecule has 0 fully saturated rings. The first-order valence-corrected chi connectivity index (χ1v) is 7.40. The number of ether oxygens (including phenoxy) is 1. The van der Waals surface area contributed by atoms with Gasteiger partial charge >= 0.3 is 5.69 Å². The van der Waals surface area contributed by atoms with Crippen LogP contribution in [0.1, 0.15) is 0 Å². The summed E-state index contributed by atoms with van der Waals surface area (Å²) in [4.78, 5) is 19.9. The maximum absolute atomic E-state index is 13.2. The van der Waals surface area contributed by atoms with Crippen LogP contribution in [0.3, 0.4) is 0 Å². The van der Waals surface area contributed by atoms with Crippen molar-refractivity contribution in [3.63, 3.8) is 0 Å². The Morgan fingerprint density at radius 3 is 2.88 bits per heavy atom. The number of nitrogens with zero attached hydrogens (tertiary/aromatic N) is 6. The van der Waals surface area contributed by atoms with Gasteiger partial charge in [0.2, 0.25) is 5.95 Å². The Kier molecular flexibility index (Phi) is 4.75. The lowest BCUT2D eigenvalue weighted by molar-refractivity contribution is 0.266. The second-order valence-corrected chi connectivity index (χ2v) is 5.06. The minimum Gasteiger partial charge on any atom is -0.494 e. The molecule has 0 aliphatic heterocycles. The first kappa shape index (κ1) is 17.3. The number of benzene rings is 1. The fourth-order valence-corrected chi connectivity index (χ4v) is 2.16. The van der Waals surface area contributed by atoms with Crippen LogP contribution in [0.15, 0.2) is 29.2 Å². The average Bonchev–Trinajstić information content (AvgIpc) is 2.99. The van der Waals surface area contributed by atoms with Crippen LogP contribution in [0.25, 0.3) is 5.69 Å². The summed E-state index contributed by atoms with van der Waals surface area (Å²) in [7, 11) is 1.44. The first-order valence-electron chi connectivity index (χ1n) is 7.40. The van der Waals surface area contributed by atoms with E-state index >= 15 is 0 Å². The first-order chi connectivity index (χ1) is 12.5. The third kappa shape index (κ3) is 3.30. The van der Waals surface area contributed by atoms with Gasteiger partial charge in [0, 0.05) is 5.69 Å². The van der Waals surface area contributed by atoms with Crippen molar-refractivity contribution < 1.29 is 14.2 Å².